The quantitative estimate of drug-likeness (QED) is 0.731. The van der Waals surface area contributed by atoms with Crippen molar-refractivity contribution in [3.05, 3.63) is 58.1 Å². The van der Waals surface area contributed by atoms with Gasteiger partial charge in [-0.05, 0) is 49.4 Å². The molecule has 0 saturated heterocycles. The van der Waals surface area contributed by atoms with Crippen molar-refractivity contribution in [1.29, 1.82) is 0 Å². The lowest BCUT2D eigenvalue weighted by molar-refractivity contribution is -0.117. The molecule has 0 spiro atoms. The molecule has 0 aliphatic carbocycles. The third-order valence-corrected chi connectivity index (χ3v) is 4.26. The van der Waals surface area contributed by atoms with E-state index in [1.807, 2.05) is 0 Å². The molecule has 0 unspecified atom stereocenters. The zero-order valence-corrected chi connectivity index (χ0v) is 15.9. The van der Waals surface area contributed by atoms with Crippen LogP contribution < -0.4 is 10.2 Å². The van der Waals surface area contributed by atoms with Gasteiger partial charge in [-0.15, -0.1) is 0 Å². The minimum Gasteiger partial charge on any atom is -0.326 e. The molecule has 5 nitrogen and oxygen atoms in total. The summed E-state index contributed by atoms with van der Waals surface area (Å²) in [5.41, 5.74) is 1.66. The SMILES string of the molecule is CC(=O)c1ccc(NC(=O)CCN(C(C)=O)c2ccc(Cl)cc2Cl)cc1. The van der Waals surface area contributed by atoms with E-state index >= 15 is 0 Å². The van der Waals surface area contributed by atoms with Crippen LogP contribution in [-0.4, -0.2) is 24.1 Å². The van der Waals surface area contributed by atoms with E-state index in [9.17, 15) is 14.4 Å². The standard InChI is InChI=1S/C19H18Cl2N2O3/c1-12(24)14-3-6-16(7-4-14)22-19(26)9-10-23(13(2)25)18-8-5-15(20)11-17(18)21/h3-8,11H,9-10H2,1-2H3,(H,22,26). The summed E-state index contributed by atoms with van der Waals surface area (Å²) in [6.07, 6.45) is 0.0903. The van der Waals surface area contributed by atoms with Crippen molar-refractivity contribution in [3.8, 4) is 0 Å². The van der Waals surface area contributed by atoms with Crippen LogP contribution in [0, 0.1) is 0 Å². The van der Waals surface area contributed by atoms with Gasteiger partial charge < -0.3 is 10.2 Å². The average Bonchev–Trinajstić information content (AvgIpc) is 2.57. The van der Waals surface area contributed by atoms with Gasteiger partial charge in [0.2, 0.25) is 11.8 Å². The van der Waals surface area contributed by atoms with E-state index < -0.39 is 0 Å². The van der Waals surface area contributed by atoms with E-state index in [0.717, 1.165) is 0 Å². The summed E-state index contributed by atoms with van der Waals surface area (Å²) < 4.78 is 0. The first-order valence-corrected chi connectivity index (χ1v) is 8.67. The van der Waals surface area contributed by atoms with Crippen LogP contribution in [0.4, 0.5) is 11.4 Å². The van der Waals surface area contributed by atoms with Gasteiger partial charge >= 0.3 is 0 Å². The van der Waals surface area contributed by atoms with E-state index in [4.69, 9.17) is 23.2 Å². The molecular weight excluding hydrogens is 375 g/mol. The number of carbonyl (C=O) groups is 3. The van der Waals surface area contributed by atoms with E-state index in [-0.39, 0.29) is 30.6 Å². The van der Waals surface area contributed by atoms with Crippen LogP contribution in [-0.2, 0) is 9.59 Å². The van der Waals surface area contributed by atoms with Crippen molar-refractivity contribution in [1.82, 2.24) is 0 Å². The molecule has 2 amide bonds. The molecule has 2 rings (SSSR count). The highest BCUT2D eigenvalue weighted by Crippen LogP contribution is 2.29. The zero-order chi connectivity index (χ0) is 19.3. The normalized spacial score (nSPS) is 10.3. The Balaban J connectivity index is 2.01. The van der Waals surface area contributed by atoms with Crippen molar-refractivity contribution in [2.24, 2.45) is 0 Å². The number of benzene rings is 2. The first kappa shape index (κ1) is 19.9. The van der Waals surface area contributed by atoms with Gasteiger partial charge in [-0.2, -0.15) is 0 Å². The Bertz CT molecular complexity index is 835. The number of nitrogens with zero attached hydrogens (tertiary/aromatic N) is 1. The summed E-state index contributed by atoms with van der Waals surface area (Å²) in [4.78, 5) is 36.8. The van der Waals surface area contributed by atoms with E-state index in [1.165, 1.54) is 18.7 Å². The van der Waals surface area contributed by atoms with Crippen LogP contribution in [0.5, 0.6) is 0 Å². The van der Waals surface area contributed by atoms with E-state index in [0.29, 0.717) is 27.0 Å². The number of anilines is 2. The predicted molar refractivity (Wildman–Crippen MR) is 104 cm³/mol. The topological polar surface area (TPSA) is 66.5 Å². The molecule has 0 aliphatic heterocycles. The number of nitrogens with one attached hydrogen (secondary N) is 1. The fraction of sp³-hybridized carbons (Fsp3) is 0.211. The van der Waals surface area contributed by atoms with Crippen molar-refractivity contribution < 1.29 is 14.4 Å². The average molecular weight is 393 g/mol. The number of hydrogen-bond acceptors (Lipinski definition) is 3. The van der Waals surface area contributed by atoms with Gasteiger partial charge in [0.15, 0.2) is 5.78 Å². The summed E-state index contributed by atoms with van der Waals surface area (Å²) in [6.45, 7) is 3.06. The van der Waals surface area contributed by atoms with Gasteiger partial charge in [-0.25, -0.2) is 0 Å². The number of halogens is 2. The van der Waals surface area contributed by atoms with Gasteiger partial charge in [0.1, 0.15) is 0 Å². The molecular formula is C19H18Cl2N2O3. The number of carbonyl (C=O) groups excluding carboxylic acids is 3. The smallest absolute Gasteiger partial charge is 0.226 e. The fourth-order valence-corrected chi connectivity index (χ4v) is 2.88. The molecule has 26 heavy (non-hydrogen) atoms. The van der Waals surface area contributed by atoms with Crippen molar-refractivity contribution in [3.63, 3.8) is 0 Å². The molecule has 0 heterocycles. The molecule has 1 N–H and O–H groups in total. The Hall–Kier alpha value is -2.37. The second-order valence-electron chi connectivity index (χ2n) is 5.70. The third kappa shape index (κ3) is 5.31. The minimum absolute atomic E-state index is 0.0418. The van der Waals surface area contributed by atoms with Gasteiger partial charge in [0, 0.05) is 36.2 Å². The van der Waals surface area contributed by atoms with Crippen LogP contribution in [0.25, 0.3) is 0 Å². The highest BCUT2D eigenvalue weighted by atomic mass is 35.5. The highest BCUT2D eigenvalue weighted by Gasteiger charge is 2.16. The summed E-state index contributed by atoms with van der Waals surface area (Å²) in [6, 6.07) is 11.4. The maximum absolute atomic E-state index is 12.2. The molecule has 0 fully saturated rings. The van der Waals surface area contributed by atoms with Gasteiger partial charge in [-0.3, -0.25) is 14.4 Å². The molecule has 136 valence electrons. The van der Waals surface area contributed by atoms with Crippen molar-refractivity contribution >= 4 is 52.2 Å². The van der Waals surface area contributed by atoms with Gasteiger partial charge in [0.05, 0.1) is 10.7 Å². The number of rotatable bonds is 6. The van der Waals surface area contributed by atoms with E-state index in [2.05, 4.69) is 5.32 Å². The number of ketones is 1. The maximum atomic E-state index is 12.2. The monoisotopic (exact) mass is 392 g/mol. The van der Waals surface area contributed by atoms with E-state index in [1.54, 1.807) is 42.5 Å². The molecule has 0 atom stereocenters. The third-order valence-electron chi connectivity index (χ3n) is 3.72. The van der Waals surface area contributed by atoms with Crippen molar-refractivity contribution in [2.45, 2.75) is 20.3 Å². The van der Waals surface area contributed by atoms with Crippen molar-refractivity contribution in [2.75, 3.05) is 16.8 Å². The molecule has 7 heteroatoms. The Morgan fingerprint density at radius 1 is 1.00 bits per heavy atom. The first-order chi connectivity index (χ1) is 12.3. The molecule has 0 radical (unpaired) electrons. The van der Waals surface area contributed by atoms with Crippen LogP contribution in [0.3, 0.4) is 0 Å². The van der Waals surface area contributed by atoms with Crippen LogP contribution in [0.2, 0.25) is 10.0 Å². The second kappa shape index (κ2) is 8.83. The van der Waals surface area contributed by atoms with Crippen LogP contribution in [0.1, 0.15) is 30.6 Å². The molecule has 0 saturated carbocycles. The fourth-order valence-electron chi connectivity index (χ4n) is 2.37. The minimum atomic E-state index is -0.253. The molecule has 0 aliphatic rings. The number of hydrogen-bond donors (Lipinski definition) is 1. The zero-order valence-electron chi connectivity index (χ0n) is 14.4. The molecule has 0 bridgehead atoms. The Labute approximate surface area is 161 Å². The summed E-state index contributed by atoms with van der Waals surface area (Å²) in [5.74, 6) is -0.524. The molecule has 0 aromatic heterocycles. The Kier molecular flexibility index (Phi) is 6.77. The lowest BCUT2D eigenvalue weighted by Gasteiger charge is -2.22. The number of Topliss-reactive ketones (excluding diaryl/α,β-unsaturated/α-hetero) is 1. The van der Waals surface area contributed by atoms with Gasteiger partial charge in [-0.1, -0.05) is 23.2 Å². The summed E-state index contributed by atoms with van der Waals surface area (Å²) in [5, 5.41) is 3.54. The molecule has 2 aromatic carbocycles. The summed E-state index contributed by atoms with van der Waals surface area (Å²) >= 11 is 12.0. The highest BCUT2D eigenvalue weighted by molar-refractivity contribution is 6.36. The maximum Gasteiger partial charge on any atom is 0.226 e. The second-order valence-corrected chi connectivity index (χ2v) is 6.54. The van der Waals surface area contributed by atoms with Gasteiger partial charge in [0.25, 0.3) is 0 Å². The van der Waals surface area contributed by atoms with Crippen LogP contribution >= 0.6 is 23.2 Å². The molecule has 2 aromatic rings. The number of amides is 2. The largest absolute Gasteiger partial charge is 0.326 e. The first-order valence-electron chi connectivity index (χ1n) is 7.92. The Morgan fingerprint density at radius 3 is 2.19 bits per heavy atom. The van der Waals surface area contributed by atoms with Crippen LogP contribution in [0.15, 0.2) is 42.5 Å². The predicted octanol–water partition coefficient (Wildman–Crippen LogP) is 4.58. The Morgan fingerprint density at radius 2 is 1.65 bits per heavy atom. The summed E-state index contributed by atoms with van der Waals surface area (Å²) in [7, 11) is 0. The lowest BCUT2D eigenvalue weighted by Crippen LogP contribution is -2.32. The lowest BCUT2D eigenvalue weighted by atomic mass is 10.1.